The van der Waals surface area contributed by atoms with Crippen LogP contribution < -0.4 is 5.32 Å². The Kier molecular flexibility index (Phi) is 32.8. The van der Waals surface area contributed by atoms with Gasteiger partial charge in [0.25, 0.3) is 0 Å². The molecule has 0 aliphatic heterocycles. The SMILES string of the molecule is C#CCC.C=C(/C=C\Nc1ccc(CCCC)cc1)c1ccc(C)nc1.CC.CCCC(C)C.CCCCC. The molecule has 0 atom stereocenters. The van der Waals surface area contributed by atoms with Gasteiger partial charge in [0.1, 0.15) is 0 Å². The second kappa shape index (κ2) is 31.4. The van der Waals surface area contributed by atoms with E-state index in [1.54, 1.807) is 0 Å². The third kappa shape index (κ3) is 28.0. The number of benzene rings is 1. The molecule has 2 heteroatoms. The van der Waals surface area contributed by atoms with Crippen LogP contribution in [0.1, 0.15) is 131 Å². The van der Waals surface area contributed by atoms with Crippen molar-refractivity contribution in [2.75, 3.05) is 5.32 Å². The molecule has 0 saturated carbocycles. The molecular weight excluding hydrogens is 472 g/mol. The summed E-state index contributed by atoms with van der Waals surface area (Å²) in [5.41, 5.74) is 5.48. The Balaban J connectivity index is -0.000000625. The van der Waals surface area contributed by atoms with Gasteiger partial charge in [-0.25, -0.2) is 0 Å². The van der Waals surface area contributed by atoms with Crippen molar-refractivity contribution in [3.05, 3.63) is 78.3 Å². The van der Waals surface area contributed by atoms with E-state index in [9.17, 15) is 0 Å². The number of allylic oxidation sites excluding steroid dienone is 2. The van der Waals surface area contributed by atoms with Crippen LogP contribution >= 0.6 is 0 Å². The molecule has 1 N–H and O–H groups in total. The molecule has 0 aliphatic rings. The van der Waals surface area contributed by atoms with Crippen LogP contribution in [0.3, 0.4) is 0 Å². The minimum absolute atomic E-state index is 0.847. The van der Waals surface area contributed by atoms with E-state index in [1.165, 1.54) is 50.5 Å². The summed E-state index contributed by atoms with van der Waals surface area (Å²) in [5, 5.41) is 3.28. The predicted molar refractivity (Wildman–Crippen MR) is 181 cm³/mol. The number of hydrogen-bond acceptors (Lipinski definition) is 2. The molecule has 220 valence electrons. The molecule has 1 aromatic carbocycles. The molecule has 0 amide bonds. The molecular formula is C37H62N2. The van der Waals surface area contributed by atoms with Crippen molar-refractivity contribution in [1.82, 2.24) is 4.98 Å². The van der Waals surface area contributed by atoms with Crippen LogP contribution in [-0.2, 0) is 6.42 Å². The lowest BCUT2D eigenvalue weighted by molar-refractivity contribution is 0.576. The van der Waals surface area contributed by atoms with Crippen molar-refractivity contribution in [3.8, 4) is 12.3 Å². The quantitative estimate of drug-likeness (QED) is 0.229. The van der Waals surface area contributed by atoms with Gasteiger partial charge in [0, 0.05) is 30.2 Å². The van der Waals surface area contributed by atoms with E-state index in [-0.39, 0.29) is 0 Å². The summed E-state index contributed by atoms with van der Waals surface area (Å²) in [5.74, 6) is 3.33. The molecule has 0 saturated heterocycles. The number of pyridine rings is 1. The first-order valence-corrected chi connectivity index (χ1v) is 15.4. The standard InChI is InChI=1S/C20H24N2.C6H14.C5H12.C4H6.C2H6/c1-4-5-6-18-8-11-20(12-9-18)21-14-13-16(2)19-10-7-17(3)22-15-19;1-4-5-6(2)3;1-3-5-4-2;1-3-4-2;1-2/h7-15,21H,2,4-6H2,1,3H3;6H,4-5H2,1-3H3;3-5H2,1-2H3;1H,4H2,2H3;1-2H3/b14-13-;;;;. The van der Waals surface area contributed by atoms with Crippen molar-refractivity contribution in [2.24, 2.45) is 5.92 Å². The second-order valence-electron chi connectivity index (χ2n) is 9.59. The lowest BCUT2D eigenvalue weighted by Gasteiger charge is -2.04. The largest absolute Gasteiger partial charge is 0.362 e. The fraction of sp³-hybridized carbons (Fsp3) is 0.541. The minimum atomic E-state index is 0.847. The number of rotatable bonds is 11. The number of terminal acetylenes is 1. The minimum Gasteiger partial charge on any atom is -0.362 e. The Morgan fingerprint density at radius 3 is 1.85 bits per heavy atom. The van der Waals surface area contributed by atoms with Crippen LogP contribution in [0.2, 0.25) is 0 Å². The number of anilines is 1. The number of nitrogens with one attached hydrogen (secondary N) is 1. The maximum Gasteiger partial charge on any atom is 0.0379 e. The fourth-order valence-electron chi connectivity index (χ4n) is 3.07. The zero-order valence-corrected chi connectivity index (χ0v) is 27.4. The third-order valence-electron chi connectivity index (χ3n) is 5.37. The maximum absolute atomic E-state index is 4.78. The smallest absolute Gasteiger partial charge is 0.0379 e. The van der Waals surface area contributed by atoms with Gasteiger partial charge in [0.15, 0.2) is 0 Å². The van der Waals surface area contributed by atoms with E-state index in [1.807, 2.05) is 58.3 Å². The van der Waals surface area contributed by atoms with E-state index < -0.39 is 0 Å². The summed E-state index contributed by atoms with van der Waals surface area (Å²) in [6, 6.07) is 12.6. The van der Waals surface area contributed by atoms with Crippen molar-refractivity contribution >= 4 is 11.3 Å². The molecule has 0 spiro atoms. The van der Waals surface area contributed by atoms with Gasteiger partial charge >= 0.3 is 0 Å². The average Bonchev–Trinajstić information content (AvgIpc) is 2.95. The zero-order valence-electron chi connectivity index (χ0n) is 27.4. The van der Waals surface area contributed by atoms with E-state index in [2.05, 4.69) is 88.6 Å². The number of nitrogens with zero attached hydrogens (tertiary/aromatic N) is 1. The molecule has 2 nitrogen and oxygen atoms in total. The van der Waals surface area contributed by atoms with Gasteiger partial charge in [0.05, 0.1) is 0 Å². The monoisotopic (exact) mass is 534 g/mol. The van der Waals surface area contributed by atoms with Crippen molar-refractivity contribution in [1.29, 1.82) is 0 Å². The van der Waals surface area contributed by atoms with Crippen LogP contribution in [0.25, 0.3) is 5.57 Å². The summed E-state index contributed by atoms with van der Waals surface area (Å²) in [6.07, 6.45) is 21.8. The Hall–Kier alpha value is -2.79. The third-order valence-corrected chi connectivity index (χ3v) is 5.37. The van der Waals surface area contributed by atoms with Crippen molar-refractivity contribution < 1.29 is 0 Å². The molecule has 0 unspecified atom stereocenters. The molecule has 1 heterocycles. The lowest BCUT2D eigenvalue weighted by atomic mass is 10.1. The number of unbranched alkanes of at least 4 members (excludes halogenated alkanes) is 3. The van der Waals surface area contributed by atoms with Crippen molar-refractivity contribution in [2.45, 2.75) is 127 Å². The molecule has 39 heavy (non-hydrogen) atoms. The van der Waals surface area contributed by atoms with E-state index in [4.69, 9.17) is 6.42 Å². The Bertz CT molecular complexity index is 834. The number of aromatic nitrogens is 1. The van der Waals surface area contributed by atoms with Gasteiger partial charge in [-0.3, -0.25) is 4.98 Å². The number of aryl methyl sites for hydroxylation is 2. The number of hydrogen-bond donors (Lipinski definition) is 1. The van der Waals surface area contributed by atoms with Crippen molar-refractivity contribution in [3.63, 3.8) is 0 Å². The van der Waals surface area contributed by atoms with Crippen LogP contribution in [-0.4, -0.2) is 4.98 Å². The van der Waals surface area contributed by atoms with Crippen LogP contribution in [0, 0.1) is 25.2 Å². The summed E-state index contributed by atoms with van der Waals surface area (Å²) in [7, 11) is 0. The van der Waals surface area contributed by atoms with Crippen LogP contribution in [0.15, 0.2) is 61.4 Å². The Labute approximate surface area is 244 Å². The summed E-state index contributed by atoms with van der Waals surface area (Å²) < 4.78 is 0. The van der Waals surface area contributed by atoms with Gasteiger partial charge in [-0.1, -0.05) is 126 Å². The first-order chi connectivity index (χ1) is 18.8. The summed E-state index contributed by atoms with van der Waals surface area (Å²) >= 11 is 0. The van der Waals surface area contributed by atoms with Gasteiger partial charge < -0.3 is 5.32 Å². The highest BCUT2D eigenvalue weighted by Crippen LogP contribution is 2.15. The van der Waals surface area contributed by atoms with Gasteiger partial charge in [0.2, 0.25) is 0 Å². The summed E-state index contributed by atoms with van der Waals surface area (Å²) in [4.78, 5) is 4.29. The molecule has 0 bridgehead atoms. The lowest BCUT2D eigenvalue weighted by Crippen LogP contribution is -1.90. The van der Waals surface area contributed by atoms with Gasteiger partial charge in [-0.05, 0) is 66.7 Å². The maximum atomic E-state index is 4.78. The Morgan fingerprint density at radius 1 is 0.923 bits per heavy atom. The highest BCUT2D eigenvalue weighted by atomic mass is 14.8. The Morgan fingerprint density at radius 2 is 1.49 bits per heavy atom. The molecule has 0 fully saturated rings. The second-order valence-corrected chi connectivity index (χ2v) is 9.59. The highest BCUT2D eigenvalue weighted by Gasteiger charge is 1.96. The zero-order chi connectivity index (χ0) is 30.3. The van der Waals surface area contributed by atoms with E-state index in [0.717, 1.165) is 41.3 Å². The highest BCUT2D eigenvalue weighted by molar-refractivity contribution is 5.71. The van der Waals surface area contributed by atoms with Gasteiger partial charge in [-0.15, -0.1) is 12.3 Å². The first kappa shape index (κ1) is 40.7. The molecule has 1 aromatic heterocycles. The van der Waals surface area contributed by atoms with Gasteiger partial charge in [-0.2, -0.15) is 0 Å². The molecule has 0 aliphatic carbocycles. The van der Waals surface area contributed by atoms with E-state index in [0.29, 0.717) is 0 Å². The first-order valence-electron chi connectivity index (χ1n) is 15.4. The predicted octanol–water partition coefficient (Wildman–Crippen LogP) is 12.1. The molecule has 2 rings (SSSR count). The molecule has 0 radical (unpaired) electrons. The van der Waals surface area contributed by atoms with Crippen LogP contribution in [0.4, 0.5) is 5.69 Å². The van der Waals surface area contributed by atoms with Crippen LogP contribution in [0.5, 0.6) is 0 Å². The molecule has 2 aromatic rings. The fourth-order valence-corrected chi connectivity index (χ4v) is 3.07. The average molecular weight is 535 g/mol. The van der Waals surface area contributed by atoms with E-state index >= 15 is 0 Å². The topological polar surface area (TPSA) is 24.9 Å². The normalized spacial score (nSPS) is 9.38. The summed E-state index contributed by atoms with van der Waals surface area (Å²) in [6.45, 7) is 25.4.